The van der Waals surface area contributed by atoms with Gasteiger partial charge in [0.2, 0.25) is 5.91 Å². The predicted molar refractivity (Wildman–Crippen MR) is 129 cm³/mol. The monoisotopic (exact) mass is 440 g/mol. The molecule has 4 aromatic rings. The van der Waals surface area contributed by atoms with Crippen molar-refractivity contribution in [2.45, 2.75) is 13.8 Å². The first-order chi connectivity index (χ1) is 16.0. The van der Waals surface area contributed by atoms with Gasteiger partial charge in [-0.05, 0) is 48.9 Å². The summed E-state index contributed by atoms with van der Waals surface area (Å²) in [7, 11) is 1.56. The summed E-state index contributed by atoms with van der Waals surface area (Å²) >= 11 is 0. The number of para-hydroxylation sites is 2. The van der Waals surface area contributed by atoms with Crippen LogP contribution in [0.2, 0.25) is 0 Å². The number of ether oxygens (including phenoxy) is 1. The molecule has 0 atom stereocenters. The van der Waals surface area contributed by atoms with E-state index in [-0.39, 0.29) is 11.8 Å². The molecule has 3 aromatic carbocycles. The Morgan fingerprint density at radius 1 is 0.879 bits per heavy atom. The topological polar surface area (TPSA) is 85.2 Å². The fourth-order valence-corrected chi connectivity index (χ4v) is 3.64. The summed E-state index contributed by atoms with van der Waals surface area (Å²) in [4.78, 5) is 24.7. The smallest absolute Gasteiger partial charge is 0.255 e. The number of hydrogen-bond donors (Lipinski definition) is 2. The number of carbonyl (C=O) groups excluding carboxylic acids is 2. The minimum Gasteiger partial charge on any atom is -0.495 e. The molecule has 0 radical (unpaired) electrons. The van der Waals surface area contributed by atoms with Crippen molar-refractivity contribution in [3.8, 4) is 22.6 Å². The number of methoxy groups -OCH3 is 1. The van der Waals surface area contributed by atoms with E-state index >= 15 is 0 Å². The molecule has 0 spiro atoms. The molecular formula is C26H24N4O3. The summed E-state index contributed by atoms with van der Waals surface area (Å²) < 4.78 is 6.97. The number of nitrogens with zero attached hydrogens (tertiary/aromatic N) is 2. The first-order valence-corrected chi connectivity index (χ1v) is 10.5. The first-order valence-electron chi connectivity index (χ1n) is 10.5. The Hall–Kier alpha value is -4.39. The highest BCUT2D eigenvalue weighted by Gasteiger charge is 2.19. The lowest BCUT2D eigenvalue weighted by atomic mass is 10.1. The number of anilines is 2. The van der Waals surface area contributed by atoms with Crippen LogP contribution in [0.15, 0.2) is 78.9 Å². The van der Waals surface area contributed by atoms with Gasteiger partial charge in [-0.2, -0.15) is 5.10 Å². The summed E-state index contributed by atoms with van der Waals surface area (Å²) in [5.41, 5.74) is 4.39. The zero-order valence-electron chi connectivity index (χ0n) is 18.6. The van der Waals surface area contributed by atoms with Crippen molar-refractivity contribution in [1.29, 1.82) is 0 Å². The van der Waals surface area contributed by atoms with Gasteiger partial charge in [0, 0.05) is 18.1 Å². The van der Waals surface area contributed by atoms with Gasteiger partial charge in [-0.25, -0.2) is 4.68 Å². The quantitative estimate of drug-likeness (QED) is 0.439. The van der Waals surface area contributed by atoms with Gasteiger partial charge < -0.3 is 15.4 Å². The van der Waals surface area contributed by atoms with Crippen molar-refractivity contribution in [3.05, 3.63) is 90.1 Å². The molecule has 4 rings (SSSR count). The van der Waals surface area contributed by atoms with Crippen LogP contribution in [-0.2, 0) is 4.79 Å². The van der Waals surface area contributed by atoms with Crippen LogP contribution in [0.25, 0.3) is 16.8 Å². The van der Waals surface area contributed by atoms with E-state index < -0.39 is 0 Å². The second kappa shape index (κ2) is 9.40. The number of aryl methyl sites for hydroxylation is 1. The predicted octanol–water partition coefficient (Wildman–Crippen LogP) is 5.07. The van der Waals surface area contributed by atoms with Crippen LogP contribution >= 0.6 is 0 Å². The van der Waals surface area contributed by atoms with Gasteiger partial charge in [0.05, 0.1) is 24.2 Å². The van der Waals surface area contributed by atoms with E-state index in [4.69, 9.17) is 4.74 Å². The van der Waals surface area contributed by atoms with E-state index in [2.05, 4.69) is 15.7 Å². The second-order valence-electron chi connectivity index (χ2n) is 7.47. The van der Waals surface area contributed by atoms with Crippen LogP contribution in [0.3, 0.4) is 0 Å². The molecule has 0 unspecified atom stereocenters. The molecule has 2 amide bonds. The maximum atomic E-state index is 12.7. The molecule has 0 bridgehead atoms. The SMILES string of the molecule is COc1ccccc1NC(=O)c1ccc(-n2nc(C)c(-c3ccccc3)c2NC(C)=O)cc1. The Kier molecular flexibility index (Phi) is 6.22. The van der Waals surface area contributed by atoms with Gasteiger partial charge in [0.1, 0.15) is 11.6 Å². The van der Waals surface area contributed by atoms with Crippen LogP contribution in [0, 0.1) is 6.92 Å². The molecule has 1 heterocycles. The first kappa shape index (κ1) is 21.8. The molecule has 2 N–H and O–H groups in total. The highest BCUT2D eigenvalue weighted by Crippen LogP contribution is 2.33. The van der Waals surface area contributed by atoms with E-state index in [1.54, 1.807) is 48.2 Å². The van der Waals surface area contributed by atoms with Crippen molar-refractivity contribution >= 4 is 23.3 Å². The molecule has 166 valence electrons. The number of hydrogen-bond acceptors (Lipinski definition) is 4. The molecule has 7 nitrogen and oxygen atoms in total. The third-order valence-electron chi connectivity index (χ3n) is 5.15. The van der Waals surface area contributed by atoms with E-state index in [1.165, 1.54) is 6.92 Å². The van der Waals surface area contributed by atoms with Crippen LogP contribution in [-0.4, -0.2) is 28.7 Å². The van der Waals surface area contributed by atoms with Gasteiger partial charge in [-0.15, -0.1) is 0 Å². The molecule has 1 aromatic heterocycles. The van der Waals surface area contributed by atoms with Gasteiger partial charge >= 0.3 is 0 Å². The lowest BCUT2D eigenvalue weighted by Crippen LogP contribution is -2.14. The van der Waals surface area contributed by atoms with Crippen molar-refractivity contribution in [3.63, 3.8) is 0 Å². The van der Waals surface area contributed by atoms with Gasteiger partial charge in [0.25, 0.3) is 5.91 Å². The lowest BCUT2D eigenvalue weighted by Gasteiger charge is -2.12. The standard InChI is InChI=1S/C26H24N4O3/c1-17-24(19-9-5-4-6-10-19)25(27-18(2)31)30(29-17)21-15-13-20(14-16-21)26(32)28-22-11-7-8-12-23(22)33-3/h4-16H,1-3H3,(H,27,31)(H,28,32). The Labute approximate surface area is 192 Å². The maximum Gasteiger partial charge on any atom is 0.255 e. The Bertz CT molecular complexity index is 1300. The lowest BCUT2D eigenvalue weighted by molar-refractivity contribution is -0.114. The maximum absolute atomic E-state index is 12.7. The molecule has 0 aliphatic heterocycles. The highest BCUT2D eigenvalue weighted by molar-refractivity contribution is 6.05. The zero-order valence-corrected chi connectivity index (χ0v) is 18.6. The van der Waals surface area contributed by atoms with Crippen molar-refractivity contribution < 1.29 is 14.3 Å². The summed E-state index contributed by atoms with van der Waals surface area (Å²) in [6, 6.07) is 24.0. The van der Waals surface area contributed by atoms with Gasteiger partial charge in [0.15, 0.2) is 0 Å². The summed E-state index contributed by atoms with van der Waals surface area (Å²) in [6.07, 6.45) is 0. The number of aromatic nitrogens is 2. The molecule has 0 saturated heterocycles. The average molecular weight is 441 g/mol. The Morgan fingerprint density at radius 3 is 2.21 bits per heavy atom. The minimum atomic E-state index is -0.255. The minimum absolute atomic E-state index is 0.193. The van der Waals surface area contributed by atoms with Gasteiger partial charge in [-0.1, -0.05) is 42.5 Å². The van der Waals surface area contributed by atoms with Gasteiger partial charge in [-0.3, -0.25) is 9.59 Å². The van der Waals surface area contributed by atoms with E-state index in [0.29, 0.717) is 22.8 Å². The van der Waals surface area contributed by atoms with Crippen LogP contribution in [0.1, 0.15) is 23.0 Å². The molecule has 0 aliphatic carbocycles. The highest BCUT2D eigenvalue weighted by atomic mass is 16.5. The third-order valence-corrected chi connectivity index (χ3v) is 5.15. The van der Waals surface area contributed by atoms with Crippen LogP contribution in [0.4, 0.5) is 11.5 Å². The fraction of sp³-hybridized carbons (Fsp3) is 0.115. The summed E-state index contributed by atoms with van der Waals surface area (Å²) in [5, 5.41) is 10.4. The van der Waals surface area contributed by atoms with Crippen LogP contribution < -0.4 is 15.4 Å². The molecule has 33 heavy (non-hydrogen) atoms. The van der Waals surface area contributed by atoms with E-state index in [0.717, 1.165) is 22.5 Å². The third kappa shape index (κ3) is 4.62. The molecular weight excluding hydrogens is 416 g/mol. The number of nitrogens with one attached hydrogen (secondary N) is 2. The van der Waals surface area contributed by atoms with Crippen molar-refractivity contribution in [2.24, 2.45) is 0 Å². The second-order valence-corrected chi connectivity index (χ2v) is 7.47. The molecule has 0 saturated carbocycles. The number of amides is 2. The number of carbonyl (C=O) groups is 2. The largest absolute Gasteiger partial charge is 0.495 e. The molecule has 0 aliphatic rings. The Balaban J connectivity index is 1.66. The number of benzene rings is 3. The number of rotatable bonds is 6. The molecule has 0 fully saturated rings. The van der Waals surface area contributed by atoms with E-state index in [9.17, 15) is 9.59 Å². The summed E-state index contributed by atoms with van der Waals surface area (Å²) in [5.74, 6) is 0.719. The average Bonchev–Trinajstić information content (AvgIpc) is 3.15. The van der Waals surface area contributed by atoms with Crippen LogP contribution in [0.5, 0.6) is 5.75 Å². The van der Waals surface area contributed by atoms with Crippen molar-refractivity contribution in [1.82, 2.24) is 9.78 Å². The zero-order chi connectivity index (χ0) is 23.4. The van der Waals surface area contributed by atoms with E-state index in [1.807, 2.05) is 49.4 Å². The fourth-order valence-electron chi connectivity index (χ4n) is 3.64. The Morgan fingerprint density at radius 2 is 1.55 bits per heavy atom. The molecule has 7 heteroatoms. The van der Waals surface area contributed by atoms with Crippen molar-refractivity contribution in [2.75, 3.05) is 17.7 Å². The normalized spacial score (nSPS) is 10.5. The summed E-state index contributed by atoms with van der Waals surface area (Å²) in [6.45, 7) is 3.37.